The first-order valence-electron chi connectivity index (χ1n) is 8.53. The molecule has 124 valence electrons. The lowest BCUT2D eigenvalue weighted by Crippen LogP contribution is -2.48. The van der Waals surface area contributed by atoms with Gasteiger partial charge in [0.2, 0.25) is 0 Å². The van der Waals surface area contributed by atoms with Gasteiger partial charge < -0.3 is 4.90 Å². The predicted molar refractivity (Wildman–Crippen MR) is 95.6 cm³/mol. The molecule has 0 saturated carbocycles. The van der Waals surface area contributed by atoms with Crippen LogP contribution in [0.2, 0.25) is 0 Å². The molecule has 0 aromatic heterocycles. The van der Waals surface area contributed by atoms with E-state index in [2.05, 4.69) is 58.9 Å². The average molecular weight is 304 g/mol. The van der Waals surface area contributed by atoms with Gasteiger partial charge in [-0.1, -0.05) is 31.9 Å². The minimum absolute atomic E-state index is 0.0590. The Morgan fingerprint density at radius 1 is 1.00 bits per heavy atom. The quantitative estimate of drug-likeness (QED) is 0.643. The number of carbonyl (C=O) groups excluding carboxylic acids is 1. The van der Waals surface area contributed by atoms with Gasteiger partial charge in [-0.2, -0.15) is 0 Å². The molecule has 0 spiro atoms. The van der Waals surface area contributed by atoms with Crippen LogP contribution in [0, 0.1) is 0 Å². The molecule has 1 rings (SSSR count). The van der Waals surface area contributed by atoms with Crippen LogP contribution >= 0.6 is 0 Å². The lowest BCUT2D eigenvalue weighted by Gasteiger charge is -2.34. The summed E-state index contributed by atoms with van der Waals surface area (Å²) in [6, 6.07) is 8.85. The SMILES string of the molecule is CCCCCc1ccc(N(C)C(=O)N(C(C)C)C(C)C)cc1. The van der Waals surface area contributed by atoms with Crippen molar-refractivity contribution in [3.05, 3.63) is 29.8 Å². The molecule has 0 radical (unpaired) electrons. The number of aryl methyl sites for hydroxylation is 1. The Bertz CT molecular complexity index is 443. The zero-order valence-electron chi connectivity index (χ0n) is 15.1. The number of carbonyl (C=O) groups is 1. The van der Waals surface area contributed by atoms with Crippen LogP contribution in [0.1, 0.15) is 59.4 Å². The van der Waals surface area contributed by atoms with Gasteiger partial charge in [-0.05, 0) is 58.2 Å². The van der Waals surface area contributed by atoms with Crippen molar-refractivity contribution < 1.29 is 4.79 Å². The Labute approximate surface area is 136 Å². The molecule has 3 nitrogen and oxygen atoms in total. The first-order chi connectivity index (χ1) is 10.4. The fourth-order valence-corrected chi connectivity index (χ4v) is 2.79. The largest absolute Gasteiger partial charge is 0.324 e. The Morgan fingerprint density at radius 2 is 1.55 bits per heavy atom. The average Bonchev–Trinajstić information content (AvgIpc) is 2.46. The van der Waals surface area contributed by atoms with Gasteiger partial charge in [-0.25, -0.2) is 4.79 Å². The predicted octanol–water partition coefficient (Wildman–Crippen LogP) is 5.09. The number of amides is 2. The molecule has 1 aromatic carbocycles. The topological polar surface area (TPSA) is 23.6 Å². The number of nitrogens with zero attached hydrogens (tertiary/aromatic N) is 2. The molecule has 22 heavy (non-hydrogen) atoms. The molecule has 0 saturated heterocycles. The Morgan fingerprint density at radius 3 is 2.00 bits per heavy atom. The molecule has 2 amide bonds. The fraction of sp³-hybridized carbons (Fsp3) is 0.632. The van der Waals surface area contributed by atoms with Crippen LogP contribution in [0.15, 0.2) is 24.3 Å². The molecule has 0 N–H and O–H groups in total. The first kappa shape index (κ1) is 18.5. The van der Waals surface area contributed by atoms with Crippen molar-refractivity contribution in [2.75, 3.05) is 11.9 Å². The molecule has 0 atom stereocenters. The normalized spacial score (nSPS) is 11.1. The molecule has 0 heterocycles. The van der Waals surface area contributed by atoms with Crippen molar-refractivity contribution in [1.29, 1.82) is 0 Å². The maximum Gasteiger partial charge on any atom is 0.324 e. The second-order valence-corrected chi connectivity index (χ2v) is 6.56. The van der Waals surface area contributed by atoms with Crippen LogP contribution in [0.3, 0.4) is 0 Å². The number of anilines is 1. The van der Waals surface area contributed by atoms with E-state index in [1.165, 1.54) is 24.8 Å². The molecule has 0 aliphatic rings. The zero-order chi connectivity index (χ0) is 16.7. The van der Waals surface area contributed by atoms with Crippen molar-refractivity contribution in [1.82, 2.24) is 4.90 Å². The summed E-state index contributed by atoms with van der Waals surface area (Å²) in [7, 11) is 1.85. The minimum atomic E-state index is 0.0590. The van der Waals surface area contributed by atoms with Crippen molar-refractivity contribution in [2.24, 2.45) is 0 Å². The third kappa shape index (κ3) is 5.04. The summed E-state index contributed by atoms with van der Waals surface area (Å²) in [6.45, 7) is 10.5. The molecular weight excluding hydrogens is 272 g/mol. The van der Waals surface area contributed by atoms with E-state index in [1.54, 1.807) is 4.90 Å². The van der Waals surface area contributed by atoms with Crippen LogP contribution in [0.4, 0.5) is 10.5 Å². The van der Waals surface area contributed by atoms with E-state index in [-0.39, 0.29) is 18.1 Å². The third-order valence-electron chi connectivity index (χ3n) is 4.01. The number of unbranched alkanes of at least 4 members (excludes halogenated alkanes) is 2. The van der Waals surface area contributed by atoms with Crippen LogP contribution in [-0.4, -0.2) is 30.1 Å². The van der Waals surface area contributed by atoms with E-state index < -0.39 is 0 Å². The van der Waals surface area contributed by atoms with Gasteiger partial charge in [-0.3, -0.25) is 4.90 Å². The van der Waals surface area contributed by atoms with Crippen molar-refractivity contribution in [3.8, 4) is 0 Å². The number of hydrogen-bond donors (Lipinski definition) is 0. The van der Waals surface area contributed by atoms with Gasteiger partial charge in [0.1, 0.15) is 0 Å². The molecular formula is C19H32N2O. The van der Waals surface area contributed by atoms with Crippen molar-refractivity contribution >= 4 is 11.7 Å². The number of urea groups is 1. The van der Waals surface area contributed by atoms with E-state index in [0.717, 1.165) is 12.1 Å². The minimum Gasteiger partial charge on any atom is -0.320 e. The van der Waals surface area contributed by atoms with Gasteiger partial charge in [0.05, 0.1) is 0 Å². The highest BCUT2D eigenvalue weighted by atomic mass is 16.2. The highest BCUT2D eigenvalue weighted by molar-refractivity contribution is 5.91. The Kier molecular flexibility index (Phi) is 7.43. The van der Waals surface area contributed by atoms with E-state index in [9.17, 15) is 4.79 Å². The van der Waals surface area contributed by atoms with E-state index in [4.69, 9.17) is 0 Å². The van der Waals surface area contributed by atoms with Gasteiger partial charge in [0.15, 0.2) is 0 Å². The van der Waals surface area contributed by atoms with Crippen LogP contribution in [0.5, 0.6) is 0 Å². The summed E-state index contributed by atoms with van der Waals surface area (Å²) in [5.74, 6) is 0. The van der Waals surface area contributed by atoms with E-state index >= 15 is 0 Å². The summed E-state index contributed by atoms with van der Waals surface area (Å²) in [5, 5.41) is 0. The number of rotatable bonds is 7. The maximum atomic E-state index is 12.7. The highest BCUT2D eigenvalue weighted by Crippen LogP contribution is 2.19. The van der Waals surface area contributed by atoms with E-state index in [0.29, 0.717) is 0 Å². The molecule has 0 bridgehead atoms. The second-order valence-electron chi connectivity index (χ2n) is 6.56. The van der Waals surface area contributed by atoms with Crippen LogP contribution < -0.4 is 4.90 Å². The van der Waals surface area contributed by atoms with Crippen LogP contribution in [0.25, 0.3) is 0 Å². The summed E-state index contributed by atoms with van der Waals surface area (Å²) < 4.78 is 0. The smallest absolute Gasteiger partial charge is 0.320 e. The van der Waals surface area contributed by atoms with Gasteiger partial charge >= 0.3 is 6.03 Å². The standard InChI is InChI=1S/C19H32N2O/c1-7-8-9-10-17-11-13-18(14-12-17)20(6)19(22)21(15(2)3)16(4)5/h11-16H,7-10H2,1-6H3. The van der Waals surface area contributed by atoms with Crippen molar-refractivity contribution in [3.63, 3.8) is 0 Å². The van der Waals surface area contributed by atoms with Gasteiger partial charge in [0, 0.05) is 24.8 Å². The first-order valence-corrected chi connectivity index (χ1v) is 8.53. The lowest BCUT2D eigenvalue weighted by atomic mass is 10.1. The second kappa shape index (κ2) is 8.82. The number of benzene rings is 1. The fourth-order valence-electron chi connectivity index (χ4n) is 2.79. The molecule has 1 aromatic rings. The monoisotopic (exact) mass is 304 g/mol. The van der Waals surface area contributed by atoms with Gasteiger partial charge in [-0.15, -0.1) is 0 Å². The molecule has 3 heteroatoms. The Balaban J connectivity index is 2.76. The highest BCUT2D eigenvalue weighted by Gasteiger charge is 2.24. The molecule has 0 aliphatic carbocycles. The summed E-state index contributed by atoms with van der Waals surface area (Å²) in [6.07, 6.45) is 4.88. The number of hydrogen-bond acceptors (Lipinski definition) is 1. The molecule has 0 aliphatic heterocycles. The van der Waals surface area contributed by atoms with Gasteiger partial charge in [0.25, 0.3) is 0 Å². The zero-order valence-corrected chi connectivity index (χ0v) is 15.1. The summed E-state index contributed by atoms with van der Waals surface area (Å²) in [4.78, 5) is 16.3. The molecule has 0 fully saturated rings. The lowest BCUT2D eigenvalue weighted by molar-refractivity contribution is 0.173. The maximum absolute atomic E-state index is 12.7. The Hall–Kier alpha value is -1.51. The third-order valence-corrected chi connectivity index (χ3v) is 4.01. The summed E-state index contributed by atoms with van der Waals surface area (Å²) in [5.41, 5.74) is 2.30. The van der Waals surface area contributed by atoms with Crippen LogP contribution in [-0.2, 0) is 6.42 Å². The summed E-state index contributed by atoms with van der Waals surface area (Å²) >= 11 is 0. The van der Waals surface area contributed by atoms with E-state index in [1.807, 2.05) is 11.9 Å². The molecule has 0 unspecified atom stereocenters. The van der Waals surface area contributed by atoms with Crippen molar-refractivity contribution in [2.45, 2.75) is 72.4 Å².